The Morgan fingerprint density at radius 3 is 1.70 bits per heavy atom. The van der Waals surface area contributed by atoms with Crippen LogP contribution in [0.3, 0.4) is 0 Å². The molecule has 216 valence electrons. The molecule has 9 rings (SSSR count). The summed E-state index contributed by atoms with van der Waals surface area (Å²) in [7, 11) is 0. The predicted molar refractivity (Wildman–Crippen MR) is 190 cm³/mol. The van der Waals surface area contributed by atoms with Crippen LogP contribution in [0.2, 0.25) is 0 Å². The van der Waals surface area contributed by atoms with E-state index in [0.717, 1.165) is 46.7 Å². The molecule has 0 atom stereocenters. The molecule has 0 fully saturated rings. The Balaban J connectivity index is 1.04. The van der Waals surface area contributed by atoms with Gasteiger partial charge in [-0.15, -0.1) is 0 Å². The number of aromatic nitrogens is 3. The third-order valence-electron chi connectivity index (χ3n) is 9.25. The Bertz CT molecular complexity index is 2260. The molecule has 7 aromatic rings. The van der Waals surface area contributed by atoms with Crippen LogP contribution >= 0.6 is 0 Å². The van der Waals surface area contributed by atoms with Crippen molar-refractivity contribution in [1.29, 1.82) is 0 Å². The summed E-state index contributed by atoms with van der Waals surface area (Å²) in [6.07, 6.45) is 10.5. The lowest BCUT2D eigenvalue weighted by Crippen LogP contribution is -1.93. The zero-order chi connectivity index (χ0) is 30.5. The lowest BCUT2D eigenvalue weighted by atomic mass is 9.92. The Labute approximate surface area is 268 Å². The summed E-state index contributed by atoms with van der Waals surface area (Å²) < 4.78 is 0. The molecule has 0 radical (unpaired) electrons. The second-order valence-electron chi connectivity index (χ2n) is 11.9. The molecular weight excluding hydrogens is 558 g/mol. The fraction of sp³-hybridized carbons (Fsp3) is 0.0465. The summed E-state index contributed by atoms with van der Waals surface area (Å²) in [4.78, 5) is 14.0. The van der Waals surface area contributed by atoms with E-state index in [4.69, 9.17) is 4.98 Å². The molecule has 2 aliphatic rings. The third kappa shape index (κ3) is 4.48. The van der Waals surface area contributed by atoms with E-state index < -0.39 is 0 Å². The van der Waals surface area contributed by atoms with Gasteiger partial charge in [-0.3, -0.25) is 9.97 Å². The molecule has 0 saturated heterocycles. The summed E-state index contributed by atoms with van der Waals surface area (Å²) in [6, 6.07) is 45.2. The molecule has 0 amide bonds. The van der Waals surface area contributed by atoms with Crippen molar-refractivity contribution in [3.05, 3.63) is 163 Å². The number of pyridine rings is 3. The molecule has 3 nitrogen and oxygen atoms in total. The van der Waals surface area contributed by atoms with Gasteiger partial charge in [-0.2, -0.15) is 0 Å². The molecule has 3 heteroatoms. The van der Waals surface area contributed by atoms with E-state index in [-0.39, 0.29) is 0 Å². The highest BCUT2D eigenvalue weighted by Crippen LogP contribution is 2.48. The van der Waals surface area contributed by atoms with Crippen molar-refractivity contribution in [2.24, 2.45) is 0 Å². The maximum absolute atomic E-state index is 4.92. The number of hydrogen-bond donors (Lipinski definition) is 0. The highest BCUT2D eigenvalue weighted by Gasteiger charge is 2.25. The van der Waals surface area contributed by atoms with Crippen LogP contribution in [0.25, 0.3) is 78.1 Å². The van der Waals surface area contributed by atoms with E-state index in [9.17, 15) is 0 Å². The molecule has 0 spiro atoms. The number of benzene rings is 4. The predicted octanol–water partition coefficient (Wildman–Crippen LogP) is 10.9. The molecule has 46 heavy (non-hydrogen) atoms. The van der Waals surface area contributed by atoms with Crippen LogP contribution in [0, 0.1) is 0 Å². The maximum atomic E-state index is 4.92. The molecule has 0 unspecified atom stereocenters. The lowest BCUT2D eigenvalue weighted by Gasteiger charge is -2.12. The zero-order valence-corrected chi connectivity index (χ0v) is 25.2. The zero-order valence-electron chi connectivity index (χ0n) is 25.2. The van der Waals surface area contributed by atoms with Crippen molar-refractivity contribution in [2.75, 3.05) is 0 Å². The molecule has 3 heterocycles. The Hall–Kier alpha value is -5.93. The van der Waals surface area contributed by atoms with Crippen molar-refractivity contribution in [3.63, 3.8) is 0 Å². The number of fused-ring (bicyclic) bond motifs is 2. The third-order valence-corrected chi connectivity index (χ3v) is 9.25. The van der Waals surface area contributed by atoms with Crippen LogP contribution in [0.4, 0.5) is 0 Å². The van der Waals surface area contributed by atoms with E-state index in [2.05, 4.69) is 113 Å². The number of rotatable bonds is 5. The standard InChI is InChI=1S/C43H29N3/c1-2-9-35-34(8-1)37-11-7-10-36-33(22-23-38(35)43(36)37)31-20-18-29(19-21-31)28-14-16-30(17-15-28)32-26-41(39-12-3-5-24-44-39)46-42(27-32)40-13-4-6-25-45-40/h2-7,9-27H,1,8H2. The molecule has 0 bridgehead atoms. The molecule has 4 aromatic carbocycles. The Morgan fingerprint density at radius 2 is 1.07 bits per heavy atom. The average molecular weight is 588 g/mol. The molecule has 0 N–H and O–H groups in total. The normalized spacial score (nSPS) is 13.3. The first-order chi connectivity index (χ1) is 22.8. The van der Waals surface area contributed by atoms with Crippen molar-refractivity contribution < 1.29 is 0 Å². The second kappa shape index (κ2) is 10.9. The first kappa shape index (κ1) is 26.5. The van der Waals surface area contributed by atoms with Crippen molar-refractivity contribution >= 4 is 21.9 Å². The molecular formula is C43H29N3. The van der Waals surface area contributed by atoms with Crippen LogP contribution in [-0.4, -0.2) is 15.0 Å². The molecule has 0 aliphatic heterocycles. The minimum atomic E-state index is 0.828. The smallest absolute Gasteiger partial charge is 0.0900 e. The van der Waals surface area contributed by atoms with Gasteiger partial charge in [-0.25, -0.2) is 4.98 Å². The minimum Gasteiger partial charge on any atom is -0.255 e. The Morgan fingerprint density at radius 1 is 0.457 bits per heavy atom. The van der Waals surface area contributed by atoms with E-state index in [1.54, 1.807) is 12.4 Å². The van der Waals surface area contributed by atoms with Crippen molar-refractivity contribution in [2.45, 2.75) is 12.8 Å². The first-order valence-corrected chi connectivity index (χ1v) is 15.8. The van der Waals surface area contributed by atoms with Gasteiger partial charge in [0.25, 0.3) is 0 Å². The number of hydrogen-bond acceptors (Lipinski definition) is 3. The fourth-order valence-electron chi connectivity index (χ4n) is 7.02. The van der Waals surface area contributed by atoms with Gasteiger partial charge in [0.05, 0.1) is 22.8 Å². The summed E-state index contributed by atoms with van der Waals surface area (Å²) in [5.41, 5.74) is 16.2. The summed E-state index contributed by atoms with van der Waals surface area (Å²) in [6.45, 7) is 0. The van der Waals surface area contributed by atoms with E-state index in [1.165, 1.54) is 55.3 Å². The van der Waals surface area contributed by atoms with E-state index >= 15 is 0 Å². The summed E-state index contributed by atoms with van der Waals surface area (Å²) in [5.74, 6) is 0. The minimum absolute atomic E-state index is 0.828. The maximum Gasteiger partial charge on any atom is 0.0900 e. The molecule has 3 aromatic heterocycles. The van der Waals surface area contributed by atoms with E-state index in [1.807, 2.05) is 36.4 Å². The van der Waals surface area contributed by atoms with Crippen LogP contribution in [0.1, 0.15) is 24.0 Å². The van der Waals surface area contributed by atoms with Crippen LogP contribution < -0.4 is 0 Å². The van der Waals surface area contributed by atoms with Crippen LogP contribution in [-0.2, 0) is 0 Å². The van der Waals surface area contributed by atoms with Crippen molar-refractivity contribution in [3.8, 4) is 56.2 Å². The van der Waals surface area contributed by atoms with Crippen molar-refractivity contribution in [1.82, 2.24) is 15.0 Å². The van der Waals surface area contributed by atoms with Gasteiger partial charge in [0.15, 0.2) is 0 Å². The van der Waals surface area contributed by atoms with Gasteiger partial charge in [-0.05, 0) is 116 Å². The van der Waals surface area contributed by atoms with Gasteiger partial charge in [0, 0.05) is 12.4 Å². The lowest BCUT2D eigenvalue weighted by molar-refractivity contribution is 1.06. The summed E-state index contributed by atoms with van der Waals surface area (Å²) in [5, 5.41) is 2.74. The highest BCUT2D eigenvalue weighted by atomic mass is 14.8. The first-order valence-electron chi connectivity index (χ1n) is 15.8. The topological polar surface area (TPSA) is 38.7 Å². The highest BCUT2D eigenvalue weighted by molar-refractivity contribution is 6.19. The monoisotopic (exact) mass is 587 g/mol. The van der Waals surface area contributed by atoms with Gasteiger partial charge in [-0.1, -0.05) is 103 Å². The van der Waals surface area contributed by atoms with E-state index in [0.29, 0.717) is 0 Å². The summed E-state index contributed by atoms with van der Waals surface area (Å²) >= 11 is 0. The SMILES string of the molecule is C1=CC2=C(CC1)c1cccc3c(-c4ccc(-c5ccc(-c6cc(-c7ccccn7)nc(-c7ccccn7)c6)cc5)cc4)ccc2c13. The van der Waals surface area contributed by atoms with Crippen LogP contribution in [0.5, 0.6) is 0 Å². The van der Waals surface area contributed by atoms with Gasteiger partial charge in [0.1, 0.15) is 0 Å². The number of allylic oxidation sites excluding steroid dienone is 4. The number of nitrogens with zero attached hydrogens (tertiary/aromatic N) is 3. The van der Waals surface area contributed by atoms with Gasteiger partial charge < -0.3 is 0 Å². The quantitative estimate of drug-likeness (QED) is 0.201. The Kier molecular flexibility index (Phi) is 6.27. The molecule has 2 aliphatic carbocycles. The van der Waals surface area contributed by atoms with Gasteiger partial charge in [0.2, 0.25) is 0 Å². The average Bonchev–Trinajstić information content (AvgIpc) is 3.47. The van der Waals surface area contributed by atoms with Gasteiger partial charge >= 0.3 is 0 Å². The largest absolute Gasteiger partial charge is 0.255 e. The fourth-order valence-corrected chi connectivity index (χ4v) is 7.02. The second-order valence-corrected chi connectivity index (χ2v) is 11.9. The molecule has 0 saturated carbocycles. The van der Waals surface area contributed by atoms with Crippen LogP contribution in [0.15, 0.2) is 152 Å².